The number of rotatable bonds is 2. The van der Waals surface area contributed by atoms with Gasteiger partial charge in [-0.3, -0.25) is 0 Å². The maximum atomic E-state index is 3.51. The van der Waals surface area contributed by atoms with Gasteiger partial charge in [-0.25, -0.2) is 0 Å². The van der Waals surface area contributed by atoms with Crippen molar-refractivity contribution in [2.45, 2.75) is 4.14 Å². The minimum atomic E-state index is -0.635. The van der Waals surface area contributed by atoms with Crippen molar-refractivity contribution < 1.29 is 0 Å². The first-order valence-electron chi connectivity index (χ1n) is 1.69. The van der Waals surface area contributed by atoms with Crippen molar-refractivity contribution in [1.29, 1.82) is 0 Å². The smallest absolute Gasteiger partial charge is 0.198 e. The van der Waals surface area contributed by atoms with Crippen LogP contribution >= 0.6 is 56.2 Å². The fourth-order valence-corrected chi connectivity index (χ4v) is 32.7. The van der Waals surface area contributed by atoms with Crippen molar-refractivity contribution in [3.05, 3.63) is 0 Å². The van der Waals surface area contributed by atoms with E-state index in [0.29, 0.717) is 0 Å². The van der Waals surface area contributed by atoms with Crippen LogP contribution in [0.5, 0.6) is 0 Å². The predicted molar refractivity (Wildman–Crippen MR) is 52.0 cm³/mol. The Morgan fingerprint density at radius 2 is 1.14 bits per heavy atom. The second-order valence-electron chi connectivity index (χ2n) is 1.02. The molecule has 0 amide bonds. The fourth-order valence-electron chi connectivity index (χ4n) is 0.135. The summed E-state index contributed by atoms with van der Waals surface area (Å²) in [5, 5.41) is 0. The molecule has 0 heterocycles. The molecule has 0 bridgehead atoms. The third-order valence-corrected chi connectivity index (χ3v) is 16.7. The molecule has 0 aromatic carbocycles. The van der Waals surface area contributed by atoms with E-state index in [4.69, 9.17) is 0 Å². The van der Waals surface area contributed by atoms with E-state index in [1.807, 2.05) is 0 Å². The van der Waals surface area contributed by atoms with Gasteiger partial charge < -0.3 is 0 Å². The van der Waals surface area contributed by atoms with E-state index in [0.717, 1.165) is 0 Å². The molecule has 0 aromatic heterocycles. The zero-order valence-electron chi connectivity index (χ0n) is 3.37. The highest BCUT2D eigenvalue weighted by Crippen LogP contribution is 2.17. The molecule has 0 aliphatic carbocycles. The zero-order valence-corrected chi connectivity index (χ0v) is 12.0. The van der Waals surface area contributed by atoms with Gasteiger partial charge in [-0.05, 0) is 0 Å². The lowest BCUT2D eigenvalue weighted by Crippen LogP contribution is -1.99. The molecule has 6 heteroatoms. The maximum Gasteiger partial charge on any atom is 0.444 e. The Morgan fingerprint density at radius 1 is 0.857 bits per heavy atom. The summed E-state index contributed by atoms with van der Waals surface area (Å²) in [6, 6.07) is 0. The summed E-state index contributed by atoms with van der Waals surface area (Å²) in [4.78, 5) is 0. The second kappa shape index (κ2) is 5.75. The Labute approximate surface area is 79.8 Å². The molecule has 7 heavy (non-hydrogen) atoms. The number of hydrogen-bond donors (Lipinski definition) is 0. The Morgan fingerprint density at radius 3 is 1.14 bits per heavy atom. The Hall–Kier alpha value is 2.98. The van der Waals surface area contributed by atoms with Crippen LogP contribution in [0.15, 0.2) is 0 Å². The summed E-state index contributed by atoms with van der Waals surface area (Å²) in [5.74, 6) is 0. The molecule has 0 radical (unpaired) electrons. The molecule has 0 spiro atoms. The van der Waals surface area contributed by atoms with Gasteiger partial charge in [0.15, 0.2) is 0 Å². The van der Waals surface area contributed by atoms with Gasteiger partial charge in [-0.15, -0.1) is 0 Å². The lowest BCUT2D eigenvalue weighted by atomic mass is 11.9. The normalized spacial score (nSPS) is 8.57. The van der Waals surface area contributed by atoms with Gasteiger partial charge in [0.2, 0.25) is 0 Å². The minimum absolute atomic E-state index is 0.635. The largest absolute Gasteiger partial charge is 0.444 e. The standard InChI is InChI=1S/CH2.2Al.4BrH/h1H2;;;4*1H/q;2*+2;;;;/p-4. The van der Waals surface area contributed by atoms with Crippen LogP contribution in [0, 0.1) is 0 Å². The Kier molecular flexibility index (Phi) is 8.20. The molecule has 0 saturated carbocycles. The summed E-state index contributed by atoms with van der Waals surface area (Å²) in [5.41, 5.74) is 0. The Bertz CT molecular complexity index is 39.0. The first-order chi connectivity index (χ1) is 3.13. The van der Waals surface area contributed by atoms with Crippen molar-refractivity contribution in [3.8, 4) is 0 Å². The summed E-state index contributed by atoms with van der Waals surface area (Å²) >= 11 is 14.0. The predicted octanol–water partition coefficient (Wildman–Crippen LogP) is 3.08. The van der Waals surface area contributed by atoms with E-state index < -0.39 is 21.0 Å². The minimum Gasteiger partial charge on any atom is -0.198 e. The Balaban J connectivity index is 2.95. The van der Waals surface area contributed by atoms with Gasteiger partial charge in [0.05, 0.1) is 0 Å². The van der Waals surface area contributed by atoms with Crippen LogP contribution in [0.3, 0.4) is 0 Å². The zero-order chi connectivity index (χ0) is 5.86. The summed E-state index contributed by atoms with van der Waals surface area (Å²) in [7, 11) is -1.27. The fraction of sp³-hybridized carbons (Fsp3) is 1.00. The highest BCUT2D eigenvalue weighted by molar-refractivity contribution is 9.51. The molecule has 0 nitrogen and oxygen atoms in total. The summed E-state index contributed by atoms with van der Waals surface area (Å²) in [6.07, 6.45) is 0. The third kappa shape index (κ3) is 8.98. The van der Waals surface area contributed by atoms with Crippen molar-refractivity contribution in [2.75, 3.05) is 0 Å². The van der Waals surface area contributed by atoms with Crippen molar-refractivity contribution in [1.82, 2.24) is 0 Å². The quantitative estimate of drug-likeness (QED) is 0.639. The van der Waals surface area contributed by atoms with Crippen LogP contribution in [0.2, 0.25) is 4.14 Å². The van der Waals surface area contributed by atoms with Crippen LogP contribution < -0.4 is 0 Å². The topological polar surface area (TPSA) is 0 Å². The van der Waals surface area contributed by atoms with Gasteiger partial charge in [-0.2, -0.15) is 56.2 Å². The molecule has 0 rings (SSSR count). The van der Waals surface area contributed by atoms with Gasteiger partial charge >= 0.3 is 21.0 Å². The van der Waals surface area contributed by atoms with Crippen LogP contribution in [0.4, 0.5) is 0 Å². The summed E-state index contributed by atoms with van der Waals surface area (Å²) < 4.78 is 1.31. The number of hydrogen-bond acceptors (Lipinski definition) is 0. The van der Waals surface area contributed by atoms with Gasteiger partial charge in [0.25, 0.3) is 0 Å². The van der Waals surface area contributed by atoms with Crippen LogP contribution in [-0.4, -0.2) is 21.0 Å². The molecule has 0 aliphatic heterocycles. The van der Waals surface area contributed by atoms with Gasteiger partial charge in [0, 0.05) is 0 Å². The van der Waals surface area contributed by atoms with Crippen LogP contribution in [0.1, 0.15) is 0 Å². The van der Waals surface area contributed by atoms with Crippen LogP contribution in [0.25, 0.3) is 0 Å². The van der Waals surface area contributed by atoms with E-state index in [-0.39, 0.29) is 0 Å². The molecule has 40 valence electrons. The molecular formula is CH2Al2Br4. The average Bonchev–Trinajstić information content (AvgIpc) is 1.27. The molecule has 0 fully saturated rings. The highest BCUT2D eigenvalue weighted by atomic mass is 79.9. The van der Waals surface area contributed by atoms with E-state index in [9.17, 15) is 0 Å². The molecule has 0 N–H and O–H groups in total. The highest BCUT2D eigenvalue weighted by Gasteiger charge is 2.17. The first-order valence-corrected chi connectivity index (χ1v) is 16.1. The van der Waals surface area contributed by atoms with E-state index in [1.54, 1.807) is 0 Å². The average molecular weight is 388 g/mol. The van der Waals surface area contributed by atoms with Gasteiger partial charge in [0.1, 0.15) is 0 Å². The van der Waals surface area contributed by atoms with Crippen molar-refractivity contribution in [2.24, 2.45) is 0 Å². The molecule has 0 unspecified atom stereocenters. The number of halogens is 4. The lowest BCUT2D eigenvalue weighted by molar-refractivity contribution is 2.10. The SMILES string of the molecule is [Br][Al]([Br])[CH2][Al]([Br])[Br]. The third-order valence-electron chi connectivity index (χ3n) is 0.356. The molecule has 0 aliphatic rings. The molecule has 0 atom stereocenters. The second-order valence-corrected chi connectivity index (χ2v) is 25.1. The van der Waals surface area contributed by atoms with Crippen molar-refractivity contribution in [3.63, 3.8) is 0 Å². The molecule has 0 saturated heterocycles. The maximum absolute atomic E-state index is 3.51. The van der Waals surface area contributed by atoms with Crippen LogP contribution in [-0.2, 0) is 0 Å². The van der Waals surface area contributed by atoms with E-state index in [2.05, 4.69) is 56.2 Å². The van der Waals surface area contributed by atoms with Crippen molar-refractivity contribution >= 4 is 77.2 Å². The molecule has 0 aromatic rings. The lowest BCUT2D eigenvalue weighted by Gasteiger charge is -1.87. The monoisotopic (exact) mass is 384 g/mol. The van der Waals surface area contributed by atoms with E-state index in [1.165, 1.54) is 4.14 Å². The summed E-state index contributed by atoms with van der Waals surface area (Å²) in [6.45, 7) is 0. The molecular weight excluding hydrogens is 386 g/mol. The van der Waals surface area contributed by atoms with E-state index >= 15 is 0 Å². The van der Waals surface area contributed by atoms with Gasteiger partial charge in [-0.1, -0.05) is 4.14 Å². The first kappa shape index (κ1) is 9.98.